The average Bonchev–Trinajstić information content (AvgIpc) is 3.07. The lowest BCUT2D eigenvalue weighted by atomic mass is 10.2. The van der Waals surface area contributed by atoms with Gasteiger partial charge in [0.15, 0.2) is 0 Å². The van der Waals surface area contributed by atoms with Gasteiger partial charge in [0, 0.05) is 35.9 Å². The van der Waals surface area contributed by atoms with Crippen LogP contribution in [-0.2, 0) is 16.1 Å². The van der Waals surface area contributed by atoms with Gasteiger partial charge in [-0.05, 0) is 49.2 Å². The molecule has 1 aliphatic rings. The molecule has 6 heteroatoms. The van der Waals surface area contributed by atoms with E-state index in [1.807, 2.05) is 42.5 Å². The first kappa shape index (κ1) is 18.3. The van der Waals surface area contributed by atoms with Gasteiger partial charge in [-0.1, -0.05) is 29.8 Å². The van der Waals surface area contributed by atoms with Gasteiger partial charge in [0.05, 0.1) is 0 Å². The number of amides is 2. The Morgan fingerprint density at radius 1 is 1.19 bits per heavy atom. The molecule has 0 aliphatic carbocycles. The first-order valence-electron chi connectivity index (χ1n) is 8.72. The summed E-state index contributed by atoms with van der Waals surface area (Å²) in [5.41, 5.74) is 2.61. The van der Waals surface area contributed by atoms with E-state index in [1.165, 1.54) is 0 Å². The van der Waals surface area contributed by atoms with Crippen molar-refractivity contribution in [3.8, 4) is 0 Å². The molecule has 1 atom stereocenters. The summed E-state index contributed by atoms with van der Waals surface area (Å²) in [7, 11) is 0. The Bertz CT molecular complexity index is 792. The Balaban J connectivity index is 1.53. The van der Waals surface area contributed by atoms with Gasteiger partial charge in [0.25, 0.3) is 0 Å². The van der Waals surface area contributed by atoms with Crippen LogP contribution in [0.4, 0.5) is 11.4 Å². The summed E-state index contributed by atoms with van der Waals surface area (Å²) in [4.78, 5) is 25.9. The largest absolute Gasteiger partial charge is 0.374 e. The fourth-order valence-corrected chi connectivity index (χ4v) is 3.15. The second-order valence-corrected chi connectivity index (χ2v) is 6.78. The number of carbonyl (C=O) groups excluding carboxylic acids is 2. The van der Waals surface area contributed by atoms with E-state index in [9.17, 15) is 9.59 Å². The van der Waals surface area contributed by atoms with E-state index in [0.29, 0.717) is 18.0 Å². The second kappa shape index (κ2) is 8.23. The van der Waals surface area contributed by atoms with Gasteiger partial charge in [-0.3, -0.25) is 9.59 Å². The van der Waals surface area contributed by atoms with Crippen molar-refractivity contribution in [1.82, 2.24) is 5.32 Å². The van der Waals surface area contributed by atoms with E-state index in [0.717, 1.165) is 29.9 Å². The number of nitrogens with one attached hydrogen (secondary N) is 2. The van der Waals surface area contributed by atoms with Crippen LogP contribution in [0, 0.1) is 0 Å². The van der Waals surface area contributed by atoms with Crippen molar-refractivity contribution in [3.05, 3.63) is 59.1 Å². The van der Waals surface area contributed by atoms with E-state index < -0.39 is 6.04 Å². The Labute approximate surface area is 158 Å². The summed E-state index contributed by atoms with van der Waals surface area (Å²) in [5, 5.41) is 6.70. The molecule has 2 N–H and O–H groups in total. The molecule has 1 saturated heterocycles. The third kappa shape index (κ3) is 4.35. The Hall–Kier alpha value is -2.53. The summed E-state index contributed by atoms with van der Waals surface area (Å²) < 4.78 is 0. The molecule has 26 heavy (non-hydrogen) atoms. The normalized spacial score (nSPS) is 15.0. The topological polar surface area (TPSA) is 61.4 Å². The fourth-order valence-electron chi connectivity index (χ4n) is 2.95. The Morgan fingerprint density at radius 3 is 2.58 bits per heavy atom. The lowest BCUT2D eigenvalue weighted by molar-refractivity contribution is -0.121. The highest BCUT2D eigenvalue weighted by atomic mass is 35.5. The van der Waals surface area contributed by atoms with Gasteiger partial charge in [0.2, 0.25) is 11.8 Å². The van der Waals surface area contributed by atoms with Crippen molar-refractivity contribution in [2.24, 2.45) is 0 Å². The molecule has 0 aromatic heterocycles. The van der Waals surface area contributed by atoms with Crippen LogP contribution in [0.1, 0.15) is 25.3 Å². The molecule has 0 spiro atoms. The maximum atomic E-state index is 12.3. The molecular formula is C20H22ClN3O2. The molecule has 1 unspecified atom stereocenters. The van der Waals surface area contributed by atoms with Gasteiger partial charge in [-0.15, -0.1) is 0 Å². The van der Waals surface area contributed by atoms with Crippen LogP contribution in [0.3, 0.4) is 0 Å². The molecule has 2 amide bonds. The second-order valence-electron chi connectivity index (χ2n) is 6.37. The number of hydrogen-bond acceptors (Lipinski definition) is 3. The summed E-state index contributed by atoms with van der Waals surface area (Å²) in [5.74, 6) is 0.0572. The van der Waals surface area contributed by atoms with Crippen LogP contribution in [-0.4, -0.2) is 24.4 Å². The number of halogens is 1. The number of benzene rings is 2. The maximum Gasteiger partial charge on any atom is 0.242 e. The highest BCUT2D eigenvalue weighted by molar-refractivity contribution is 6.31. The van der Waals surface area contributed by atoms with Crippen LogP contribution in [0.2, 0.25) is 5.02 Å². The van der Waals surface area contributed by atoms with E-state index in [-0.39, 0.29) is 11.8 Å². The number of carbonyl (C=O) groups is 2. The minimum atomic E-state index is -0.392. The summed E-state index contributed by atoms with van der Waals surface area (Å²) in [6.07, 6.45) is 1.52. The van der Waals surface area contributed by atoms with Crippen molar-refractivity contribution in [1.29, 1.82) is 0 Å². The summed E-state index contributed by atoms with van der Waals surface area (Å²) >= 11 is 6.10. The van der Waals surface area contributed by atoms with Crippen LogP contribution >= 0.6 is 11.6 Å². The van der Waals surface area contributed by atoms with E-state index in [1.54, 1.807) is 17.9 Å². The molecule has 0 bridgehead atoms. The predicted molar refractivity (Wildman–Crippen MR) is 104 cm³/mol. The van der Waals surface area contributed by atoms with E-state index >= 15 is 0 Å². The zero-order valence-corrected chi connectivity index (χ0v) is 15.4. The maximum absolute atomic E-state index is 12.3. The number of anilines is 2. The monoisotopic (exact) mass is 371 g/mol. The third-order valence-electron chi connectivity index (χ3n) is 4.44. The molecule has 0 saturated carbocycles. The molecular weight excluding hydrogens is 350 g/mol. The molecule has 0 radical (unpaired) electrons. The molecule has 2 aromatic rings. The standard InChI is InChI=1S/C20H22ClN3O2/c1-14(20(26)22-13-15-5-2-3-6-18(15)21)23-16-8-10-17(11-9-16)24-12-4-7-19(24)25/h2-3,5-6,8-11,14,23H,4,7,12-13H2,1H3,(H,22,26). The van der Waals surface area contributed by atoms with Gasteiger partial charge in [0.1, 0.15) is 6.04 Å². The smallest absolute Gasteiger partial charge is 0.242 e. The predicted octanol–water partition coefficient (Wildman–Crippen LogP) is 3.58. The molecule has 5 nitrogen and oxygen atoms in total. The van der Waals surface area contributed by atoms with E-state index in [2.05, 4.69) is 10.6 Å². The van der Waals surface area contributed by atoms with Gasteiger partial charge < -0.3 is 15.5 Å². The molecule has 1 heterocycles. The van der Waals surface area contributed by atoms with Crippen LogP contribution < -0.4 is 15.5 Å². The quantitative estimate of drug-likeness (QED) is 0.815. The van der Waals surface area contributed by atoms with Crippen molar-refractivity contribution in [3.63, 3.8) is 0 Å². The van der Waals surface area contributed by atoms with Crippen LogP contribution in [0.15, 0.2) is 48.5 Å². The van der Waals surface area contributed by atoms with Crippen molar-refractivity contribution in [2.75, 3.05) is 16.8 Å². The van der Waals surface area contributed by atoms with Crippen molar-refractivity contribution >= 4 is 34.8 Å². The SMILES string of the molecule is CC(Nc1ccc(N2CCCC2=O)cc1)C(=O)NCc1ccccc1Cl. The van der Waals surface area contributed by atoms with Crippen LogP contribution in [0.5, 0.6) is 0 Å². The van der Waals surface area contributed by atoms with E-state index in [4.69, 9.17) is 11.6 Å². The molecule has 136 valence electrons. The number of nitrogens with zero attached hydrogens (tertiary/aromatic N) is 1. The zero-order valence-electron chi connectivity index (χ0n) is 14.7. The van der Waals surface area contributed by atoms with Crippen molar-refractivity contribution in [2.45, 2.75) is 32.4 Å². The van der Waals surface area contributed by atoms with Crippen molar-refractivity contribution < 1.29 is 9.59 Å². The average molecular weight is 372 g/mol. The zero-order chi connectivity index (χ0) is 18.5. The first-order chi connectivity index (χ1) is 12.5. The van der Waals surface area contributed by atoms with Gasteiger partial charge in [-0.2, -0.15) is 0 Å². The van der Waals surface area contributed by atoms with Crippen LogP contribution in [0.25, 0.3) is 0 Å². The van der Waals surface area contributed by atoms with Gasteiger partial charge >= 0.3 is 0 Å². The van der Waals surface area contributed by atoms with Gasteiger partial charge in [-0.25, -0.2) is 0 Å². The summed E-state index contributed by atoms with van der Waals surface area (Å²) in [6.45, 7) is 2.97. The Kier molecular flexibility index (Phi) is 5.78. The molecule has 1 aliphatic heterocycles. The summed E-state index contributed by atoms with van der Waals surface area (Å²) in [6, 6.07) is 14.6. The number of rotatable bonds is 6. The first-order valence-corrected chi connectivity index (χ1v) is 9.10. The minimum absolute atomic E-state index is 0.108. The fraction of sp³-hybridized carbons (Fsp3) is 0.300. The highest BCUT2D eigenvalue weighted by Gasteiger charge is 2.21. The highest BCUT2D eigenvalue weighted by Crippen LogP contribution is 2.23. The molecule has 1 fully saturated rings. The lowest BCUT2D eigenvalue weighted by Gasteiger charge is -2.18. The molecule has 3 rings (SSSR count). The number of hydrogen-bond donors (Lipinski definition) is 2. The third-order valence-corrected chi connectivity index (χ3v) is 4.81. The minimum Gasteiger partial charge on any atom is -0.374 e. The Morgan fingerprint density at radius 2 is 1.92 bits per heavy atom. The lowest BCUT2D eigenvalue weighted by Crippen LogP contribution is -2.37. The molecule has 2 aromatic carbocycles.